The number of hydrogen-bond acceptors (Lipinski definition) is 6. The molecule has 1 saturated heterocycles. The molecule has 0 saturated carbocycles. The van der Waals surface area contributed by atoms with E-state index in [1.54, 1.807) is 18.3 Å². The molecule has 1 fully saturated rings. The molecular formula is C15H15ClFN5O. The first-order chi connectivity index (χ1) is 11.2. The molecule has 0 amide bonds. The highest BCUT2D eigenvalue weighted by molar-refractivity contribution is 6.30. The van der Waals surface area contributed by atoms with Crippen LogP contribution in [0.5, 0.6) is 0 Å². The summed E-state index contributed by atoms with van der Waals surface area (Å²) in [6, 6.07) is 7.21. The van der Waals surface area contributed by atoms with E-state index in [1.807, 2.05) is 17.0 Å². The number of aromatic nitrogens is 2. The van der Waals surface area contributed by atoms with Gasteiger partial charge in [-0.1, -0.05) is 23.7 Å². The second kappa shape index (κ2) is 7.34. The van der Waals surface area contributed by atoms with Gasteiger partial charge in [-0.3, -0.25) is 0 Å². The predicted molar refractivity (Wildman–Crippen MR) is 87.7 cm³/mol. The van der Waals surface area contributed by atoms with Crippen LogP contribution < -0.4 is 10.3 Å². The summed E-state index contributed by atoms with van der Waals surface area (Å²) in [6.07, 6.45) is 2.75. The van der Waals surface area contributed by atoms with Crippen molar-refractivity contribution in [3.63, 3.8) is 0 Å². The lowest BCUT2D eigenvalue weighted by atomic mass is 10.2. The smallest absolute Gasteiger partial charge is 0.245 e. The minimum absolute atomic E-state index is 0.234. The summed E-state index contributed by atoms with van der Waals surface area (Å²) >= 11 is 5.82. The van der Waals surface area contributed by atoms with Gasteiger partial charge in [0.25, 0.3) is 0 Å². The third-order valence-corrected chi connectivity index (χ3v) is 3.54. The predicted octanol–water partition coefficient (Wildman–Crippen LogP) is 2.55. The molecule has 6 nitrogen and oxygen atoms in total. The first-order valence-electron chi connectivity index (χ1n) is 7.12. The van der Waals surface area contributed by atoms with Crippen molar-refractivity contribution in [2.75, 3.05) is 36.6 Å². The topological polar surface area (TPSA) is 62.6 Å². The summed E-state index contributed by atoms with van der Waals surface area (Å²) in [5.41, 5.74) is 3.58. The number of halogens is 2. The number of hydrogen-bond donors (Lipinski definition) is 1. The number of nitrogens with one attached hydrogen (secondary N) is 1. The summed E-state index contributed by atoms with van der Waals surface area (Å²) in [6.45, 7) is 2.31. The Morgan fingerprint density at radius 1 is 1.26 bits per heavy atom. The molecule has 0 aliphatic carbocycles. The van der Waals surface area contributed by atoms with Gasteiger partial charge in [-0.25, -0.2) is 14.8 Å². The summed E-state index contributed by atoms with van der Waals surface area (Å²) < 4.78 is 19.2. The van der Waals surface area contributed by atoms with Crippen molar-refractivity contribution < 1.29 is 9.13 Å². The number of nitrogens with zero attached hydrogens (tertiary/aromatic N) is 4. The maximum Gasteiger partial charge on any atom is 0.245 e. The molecule has 23 heavy (non-hydrogen) atoms. The van der Waals surface area contributed by atoms with Crippen molar-refractivity contribution in [2.45, 2.75) is 0 Å². The van der Waals surface area contributed by atoms with Crippen molar-refractivity contribution in [3.8, 4) is 0 Å². The Morgan fingerprint density at radius 3 is 2.74 bits per heavy atom. The van der Waals surface area contributed by atoms with Gasteiger partial charge >= 0.3 is 0 Å². The average molecular weight is 336 g/mol. The third-order valence-electron chi connectivity index (χ3n) is 3.28. The van der Waals surface area contributed by atoms with Crippen LogP contribution in [0.4, 0.5) is 16.2 Å². The maximum absolute atomic E-state index is 13.9. The molecule has 8 heteroatoms. The molecule has 0 spiro atoms. The van der Waals surface area contributed by atoms with Crippen LogP contribution in [0.3, 0.4) is 0 Å². The molecular weight excluding hydrogens is 321 g/mol. The first kappa shape index (κ1) is 15.6. The number of ether oxygens (including phenoxy) is 1. The van der Waals surface area contributed by atoms with Gasteiger partial charge in [0.05, 0.1) is 25.6 Å². The minimum Gasteiger partial charge on any atom is -0.378 e. The number of benzene rings is 1. The fraction of sp³-hybridized carbons (Fsp3) is 0.267. The highest BCUT2D eigenvalue weighted by Crippen LogP contribution is 2.18. The van der Waals surface area contributed by atoms with Crippen LogP contribution in [0.1, 0.15) is 5.56 Å². The van der Waals surface area contributed by atoms with E-state index in [1.165, 1.54) is 0 Å². The quantitative estimate of drug-likeness (QED) is 0.687. The third kappa shape index (κ3) is 4.14. The zero-order valence-corrected chi connectivity index (χ0v) is 13.0. The van der Waals surface area contributed by atoms with E-state index in [9.17, 15) is 4.39 Å². The highest BCUT2D eigenvalue weighted by atomic mass is 35.5. The standard InChI is InChI=1S/C15H15ClFN5O/c16-12-3-1-11(2-4-12)9-19-21-15-18-10-13(17)14(20-15)22-5-7-23-8-6-22/h1-4,9-10H,5-8H2,(H,18,20,21). The molecule has 1 aromatic carbocycles. The van der Waals surface area contributed by atoms with E-state index in [2.05, 4.69) is 20.5 Å². The number of hydrazone groups is 1. The Morgan fingerprint density at radius 2 is 2.00 bits per heavy atom. The zero-order valence-electron chi connectivity index (χ0n) is 12.2. The summed E-state index contributed by atoms with van der Waals surface area (Å²) in [5.74, 6) is 0.0322. The normalized spacial score (nSPS) is 15.1. The summed E-state index contributed by atoms with van der Waals surface area (Å²) in [4.78, 5) is 9.90. The molecule has 0 radical (unpaired) electrons. The summed E-state index contributed by atoms with van der Waals surface area (Å²) in [7, 11) is 0. The lowest BCUT2D eigenvalue weighted by molar-refractivity contribution is 0.122. The molecule has 120 valence electrons. The summed E-state index contributed by atoms with van der Waals surface area (Å²) in [5, 5.41) is 4.71. The van der Waals surface area contributed by atoms with Crippen LogP contribution in [0.2, 0.25) is 5.02 Å². The van der Waals surface area contributed by atoms with E-state index in [-0.39, 0.29) is 11.8 Å². The van der Waals surface area contributed by atoms with E-state index >= 15 is 0 Å². The molecule has 2 heterocycles. The molecule has 0 bridgehead atoms. The van der Waals surface area contributed by atoms with Crippen molar-refractivity contribution in [1.29, 1.82) is 0 Å². The molecule has 0 unspecified atom stereocenters. The van der Waals surface area contributed by atoms with E-state index in [4.69, 9.17) is 16.3 Å². The van der Waals surface area contributed by atoms with Crippen LogP contribution in [0.25, 0.3) is 0 Å². The fourth-order valence-corrected chi connectivity index (χ4v) is 2.25. The number of anilines is 2. The highest BCUT2D eigenvalue weighted by Gasteiger charge is 2.17. The lowest BCUT2D eigenvalue weighted by Gasteiger charge is -2.27. The molecule has 1 aliphatic heterocycles. The Hall–Kier alpha value is -2.25. The van der Waals surface area contributed by atoms with Crippen molar-refractivity contribution in [3.05, 3.63) is 46.9 Å². The van der Waals surface area contributed by atoms with Gasteiger partial charge in [0.2, 0.25) is 5.95 Å². The van der Waals surface area contributed by atoms with Crippen molar-refractivity contribution in [1.82, 2.24) is 9.97 Å². The lowest BCUT2D eigenvalue weighted by Crippen LogP contribution is -2.37. The SMILES string of the molecule is Fc1cnc(NN=Cc2ccc(Cl)cc2)nc1N1CCOCC1. The maximum atomic E-state index is 13.9. The van der Waals surface area contributed by atoms with Crippen LogP contribution in [-0.4, -0.2) is 42.5 Å². The number of morpholine rings is 1. The molecule has 3 rings (SSSR count). The van der Waals surface area contributed by atoms with E-state index in [0.717, 1.165) is 11.8 Å². The van der Waals surface area contributed by atoms with Gasteiger partial charge in [-0.05, 0) is 17.7 Å². The van der Waals surface area contributed by atoms with Crippen LogP contribution in [0, 0.1) is 5.82 Å². The van der Waals surface area contributed by atoms with Gasteiger partial charge in [0.1, 0.15) is 0 Å². The Kier molecular flexibility index (Phi) is 4.99. The second-order valence-electron chi connectivity index (χ2n) is 4.89. The first-order valence-corrected chi connectivity index (χ1v) is 7.50. The van der Waals surface area contributed by atoms with Gasteiger partial charge in [0.15, 0.2) is 11.6 Å². The van der Waals surface area contributed by atoms with Crippen LogP contribution >= 0.6 is 11.6 Å². The zero-order chi connectivity index (χ0) is 16.1. The molecule has 1 aromatic heterocycles. The number of rotatable bonds is 4. The molecule has 1 N–H and O–H groups in total. The van der Waals surface area contributed by atoms with Gasteiger partial charge in [-0.2, -0.15) is 10.1 Å². The van der Waals surface area contributed by atoms with Gasteiger partial charge < -0.3 is 9.64 Å². The Bertz CT molecular complexity index is 689. The molecule has 1 aliphatic rings. The van der Waals surface area contributed by atoms with E-state index < -0.39 is 5.82 Å². The average Bonchev–Trinajstić information content (AvgIpc) is 2.59. The van der Waals surface area contributed by atoms with Crippen LogP contribution in [0.15, 0.2) is 35.6 Å². The minimum atomic E-state index is -0.459. The monoisotopic (exact) mass is 335 g/mol. The van der Waals surface area contributed by atoms with Gasteiger partial charge in [-0.15, -0.1) is 0 Å². The Labute approximate surface area is 138 Å². The molecule has 0 atom stereocenters. The van der Waals surface area contributed by atoms with E-state index in [0.29, 0.717) is 31.3 Å². The van der Waals surface area contributed by atoms with Gasteiger partial charge in [0, 0.05) is 18.1 Å². The molecule has 2 aromatic rings. The second-order valence-corrected chi connectivity index (χ2v) is 5.32. The fourth-order valence-electron chi connectivity index (χ4n) is 2.12. The van der Waals surface area contributed by atoms with Crippen LogP contribution in [-0.2, 0) is 4.74 Å². The van der Waals surface area contributed by atoms with Crippen molar-refractivity contribution >= 4 is 29.6 Å². The van der Waals surface area contributed by atoms with Crippen molar-refractivity contribution in [2.24, 2.45) is 5.10 Å². The largest absolute Gasteiger partial charge is 0.378 e. The Balaban J connectivity index is 1.69.